The Labute approximate surface area is 140 Å². The Morgan fingerprint density at radius 1 is 1.33 bits per heavy atom. The van der Waals surface area contributed by atoms with E-state index in [-0.39, 0.29) is 0 Å². The minimum atomic E-state index is 0.382. The van der Waals surface area contributed by atoms with Gasteiger partial charge < -0.3 is 10.1 Å². The summed E-state index contributed by atoms with van der Waals surface area (Å²) in [6.07, 6.45) is 4.11. The molecular weight excluding hydrogens is 400 g/mol. The van der Waals surface area contributed by atoms with Gasteiger partial charge in [0.25, 0.3) is 0 Å². The van der Waals surface area contributed by atoms with Crippen LogP contribution in [0.2, 0.25) is 0 Å². The third-order valence-corrected chi connectivity index (χ3v) is 4.56. The molecule has 0 saturated heterocycles. The second-order valence-corrected chi connectivity index (χ2v) is 6.84. The molecule has 1 heterocycles. The van der Waals surface area contributed by atoms with Crippen molar-refractivity contribution >= 4 is 31.9 Å². The summed E-state index contributed by atoms with van der Waals surface area (Å²) in [6, 6.07) is 4.88. The third-order valence-electron chi connectivity index (χ3n) is 3.38. The van der Waals surface area contributed by atoms with E-state index in [4.69, 9.17) is 4.74 Å². The molecule has 2 aromatic rings. The molecule has 7 heteroatoms. The average Bonchev–Trinajstić information content (AvgIpc) is 3.18. The van der Waals surface area contributed by atoms with Crippen molar-refractivity contribution in [3.63, 3.8) is 0 Å². The van der Waals surface area contributed by atoms with Crippen molar-refractivity contribution in [3.05, 3.63) is 38.8 Å². The van der Waals surface area contributed by atoms with Gasteiger partial charge in [-0.1, -0.05) is 0 Å². The fraction of sp³-hybridized carbons (Fsp3) is 0.429. The summed E-state index contributed by atoms with van der Waals surface area (Å²) in [5.41, 5.74) is 1.23. The van der Waals surface area contributed by atoms with Crippen molar-refractivity contribution < 1.29 is 4.74 Å². The summed E-state index contributed by atoms with van der Waals surface area (Å²) >= 11 is 7.16. The largest absolute Gasteiger partial charge is 0.483 e. The highest BCUT2D eigenvalue weighted by molar-refractivity contribution is 9.11. The summed E-state index contributed by atoms with van der Waals surface area (Å²) in [4.78, 5) is 4.15. The first-order chi connectivity index (χ1) is 10.1. The van der Waals surface area contributed by atoms with Gasteiger partial charge in [0, 0.05) is 19.6 Å². The lowest BCUT2D eigenvalue weighted by atomic mass is 10.2. The molecule has 1 aliphatic rings. The van der Waals surface area contributed by atoms with Gasteiger partial charge in [-0.3, -0.25) is 4.68 Å². The van der Waals surface area contributed by atoms with E-state index in [0.717, 1.165) is 27.1 Å². The molecule has 1 aromatic carbocycles. The van der Waals surface area contributed by atoms with E-state index < -0.39 is 0 Å². The maximum absolute atomic E-state index is 5.85. The molecule has 0 bridgehead atoms. The summed E-state index contributed by atoms with van der Waals surface area (Å²) in [5.74, 6) is 1.57. The molecule has 0 radical (unpaired) electrons. The number of hydrogen-bond acceptors (Lipinski definition) is 4. The first-order valence-corrected chi connectivity index (χ1v) is 8.39. The van der Waals surface area contributed by atoms with Crippen LogP contribution in [0.25, 0.3) is 0 Å². The summed E-state index contributed by atoms with van der Waals surface area (Å²) < 4.78 is 9.43. The third kappa shape index (κ3) is 3.84. The number of nitrogens with zero attached hydrogens (tertiary/aromatic N) is 3. The highest BCUT2D eigenvalue weighted by Gasteiger charge is 2.20. The van der Waals surface area contributed by atoms with Crippen LogP contribution in [0.5, 0.6) is 5.75 Å². The monoisotopic (exact) mass is 414 g/mol. The Kier molecular flexibility index (Phi) is 4.61. The fourth-order valence-corrected chi connectivity index (χ4v) is 3.50. The Bertz CT molecular complexity index is 617. The molecule has 0 amide bonds. The number of benzene rings is 1. The molecule has 0 spiro atoms. The number of halogens is 2. The molecular formula is C14H16Br2N4O. The van der Waals surface area contributed by atoms with Gasteiger partial charge in [0.1, 0.15) is 18.7 Å². The number of ether oxygens (including phenoxy) is 1. The molecule has 0 unspecified atom stereocenters. The zero-order valence-electron chi connectivity index (χ0n) is 11.6. The molecule has 21 heavy (non-hydrogen) atoms. The number of hydrogen-bond donors (Lipinski definition) is 1. The van der Waals surface area contributed by atoms with E-state index in [2.05, 4.69) is 59.4 Å². The topological polar surface area (TPSA) is 52.0 Å². The Balaban J connectivity index is 1.68. The minimum Gasteiger partial charge on any atom is -0.483 e. The van der Waals surface area contributed by atoms with Gasteiger partial charge in [-0.15, -0.1) is 0 Å². The second kappa shape index (κ2) is 6.46. The SMILES string of the molecule is Cn1ncnc1COc1c(Br)cc(CNC2CC2)cc1Br. The van der Waals surface area contributed by atoms with E-state index in [0.29, 0.717) is 12.6 Å². The van der Waals surface area contributed by atoms with Crippen LogP contribution in [0.15, 0.2) is 27.4 Å². The molecule has 0 atom stereocenters. The van der Waals surface area contributed by atoms with Crippen LogP contribution < -0.4 is 10.1 Å². The smallest absolute Gasteiger partial charge is 0.164 e. The lowest BCUT2D eigenvalue weighted by Gasteiger charge is -2.12. The van der Waals surface area contributed by atoms with Crippen molar-refractivity contribution in [1.29, 1.82) is 0 Å². The molecule has 0 aliphatic heterocycles. The lowest BCUT2D eigenvalue weighted by molar-refractivity contribution is 0.286. The Hall–Kier alpha value is -0.920. The average molecular weight is 416 g/mol. The zero-order valence-corrected chi connectivity index (χ0v) is 14.8. The number of nitrogens with one attached hydrogen (secondary N) is 1. The number of aromatic nitrogens is 3. The van der Waals surface area contributed by atoms with Gasteiger partial charge in [0.15, 0.2) is 5.82 Å². The zero-order chi connectivity index (χ0) is 14.8. The maximum Gasteiger partial charge on any atom is 0.164 e. The van der Waals surface area contributed by atoms with E-state index >= 15 is 0 Å². The van der Waals surface area contributed by atoms with Crippen LogP contribution in [-0.4, -0.2) is 20.8 Å². The van der Waals surface area contributed by atoms with E-state index in [9.17, 15) is 0 Å². The van der Waals surface area contributed by atoms with E-state index in [1.807, 2.05) is 7.05 Å². The van der Waals surface area contributed by atoms with E-state index in [1.54, 1.807) is 4.68 Å². The molecule has 1 N–H and O–H groups in total. The van der Waals surface area contributed by atoms with Crippen LogP contribution >= 0.6 is 31.9 Å². The molecule has 1 saturated carbocycles. The van der Waals surface area contributed by atoms with E-state index in [1.165, 1.54) is 24.7 Å². The van der Waals surface area contributed by atoms with Gasteiger partial charge in [-0.2, -0.15) is 5.10 Å². The fourth-order valence-electron chi connectivity index (χ4n) is 1.99. The standard InChI is InChI=1S/C14H16Br2N4O/c1-20-13(18-8-19-20)7-21-14-11(15)4-9(5-12(14)16)6-17-10-2-3-10/h4-5,8,10,17H,2-3,6-7H2,1H3. The molecule has 1 aliphatic carbocycles. The van der Waals surface area contributed by atoms with Crippen LogP contribution in [-0.2, 0) is 20.2 Å². The first-order valence-electron chi connectivity index (χ1n) is 6.80. The number of rotatable bonds is 6. The van der Waals surface area contributed by atoms with Crippen LogP contribution in [0.1, 0.15) is 24.2 Å². The predicted molar refractivity (Wildman–Crippen MR) is 87.0 cm³/mol. The summed E-state index contributed by atoms with van der Waals surface area (Å²) in [7, 11) is 1.85. The van der Waals surface area contributed by atoms with Crippen molar-refractivity contribution in [2.75, 3.05) is 0 Å². The summed E-state index contributed by atoms with van der Waals surface area (Å²) in [6.45, 7) is 1.26. The van der Waals surface area contributed by atoms with Crippen molar-refractivity contribution in [2.45, 2.75) is 32.0 Å². The van der Waals surface area contributed by atoms with Crippen molar-refractivity contribution in [1.82, 2.24) is 20.1 Å². The van der Waals surface area contributed by atoms with Crippen LogP contribution in [0, 0.1) is 0 Å². The molecule has 1 aromatic heterocycles. The Morgan fingerprint density at radius 2 is 2.05 bits per heavy atom. The maximum atomic E-state index is 5.85. The highest BCUT2D eigenvalue weighted by atomic mass is 79.9. The quantitative estimate of drug-likeness (QED) is 0.787. The molecule has 5 nitrogen and oxygen atoms in total. The molecule has 112 valence electrons. The second-order valence-electron chi connectivity index (χ2n) is 5.13. The minimum absolute atomic E-state index is 0.382. The molecule has 1 fully saturated rings. The van der Waals surface area contributed by atoms with Crippen LogP contribution in [0.4, 0.5) is 0 Å². The Morgan fingerprint density at radius 3 is 2.62 bits per heavy atom. The lowest BCUT2D eigenvalue weighted by Crippen LogP contribution is -2.15. The predicted octanol–water partition coefficient (Wildman–Crippen LogP) is 3.17. The molecule has 3 rings (SSSR count). The van der Waals surface area contributed by atoms with Crippen LogP contribution in [0.3, 0.4) is 0 Å². The van der Waals surface area contributed by atoms with Gasteiger partial charge in [0.05, 0.1) is 8.95 Å². The number of aryl methyl sites for hydroxylation is 1. The highest BCUT2D eigenvalue weighted by Crippen LogP contribution is 2.35. The van der Waals surface area contributed by atoms with Gasteiger partial charge in [0.2, 0.25) is 0 Å². The van der Waals surface area contributed by atoms with Crippen molar-refractivity contribution in [3.8, 4) is 5.75 Å². The van der Waals surface area contributed by atoms with Gasteiger partial charge in [-0.25, -0.2) is 4.98 Å². The van der Waals surface area contributed by atoms with Crippen molar-refractivity contribution in [2.24, 2.45) is 7.05 Å². The first kappa shape index (κ1) is 15.0. The normalized spacial score (nSPS) is 14.4. The van der Waals surface area contributed by atoms with Gasteiger partial charge in [-0.05, 0) is 62.4 Å². The van der Waals surface area contributed by atoms with Gasteiger partial charge >= 0.3 is 0 Å². The summed E-state index contributed by atoms with van der Waals surface area (Å²) in [5, 5.41) is 7.53.